The topological polar surface area (TPSA) is 37.2 Å². The van der Waals surface area contributed by atoms with Gasteiger partial charge in [-0.1, -0.05) is 19.1 Å². The zero-order valence-corrected chi connectivity index (χ0v) is 13.1. The Morgan fingerprint density at radius 1 is 1.17 bits per heavy atom. The summed E-state index contributed by atoms with van der Waals surface area (Å²) in [7, 11) is 1.93. The largest absolute Gasteiger partial charge is 0.416 e. The third kappa shape index (κ3) is 4.59. The van der Waals surface area contributed by atoms with Crippen molar-refractivity contribution < 1.29 is 18.3 Å². The van der Waals surface area contributed by atoms with Gasteiger partial charge in [-0.2, -0.15) is 13.2 Å². The van der Waals surface area contributed by atoms with E-state index in [0.717, 1.165) is 17.7 Å². The molecule has 0 amide bonds. The number of alkyl halides is 3. The van der Waals surface area contributed by atoms with E-state index in [9.17, 15) is 18.3 Å². The van der Waals surface area contributed by atoms with Crippen LogP contribution in [0.3, 0.4) is 0 Å². The van der Waals surface area contributed by atoms with Gasteiger partial charge < -0.3 is 15.0 Å². The van der Waals surface area contributed by atoms with Crippen molar-refractivity contribution in [2.24, 2.45) is 7.05 Å². The van der Waals surface area contributed by atoms with E-state index in [-0.39, 0.29) is 6.04 Å². The molecule has 0 spiro atoms. The Labute approximate surface area is 133 Å². The molecular weight excluding hydrogens is 305 g/mol. The smallest absolute Gasteiger partial charge is 0.387 e. The second-order valence-electron chi connectivity index (χ2n) is 5.65. The summed E-state index contributed by atoms with van der Waals surface area (Å²) in [4.78, 5) is 0. The highest BCUT2D eigenvalue weighted by atomic mass is 19.4. The predicted molar refractivity (Wildman–Crippen MR) is 82.7 cm³/mol. The monoisotopic (exact) mass is 326 g/mol. The van der Waals surface area contributed by atoms with Crippen LogP contribution in [0.25, 0.3) is 0 Å². The fourth-order valence-corrected chi connectivity index (χ4v) is 2.50. The molecule has 2 unspecified atom stereocenters. The molecule has 1 heterocycles. The van der Waals surface area contributed by atoms with Crippen molar-refractivity contribution in [1.82, 2.24) is 9.88 Å². The van der Waals surface area contributed by atoms with Gasteiger partial charge in [0.2, 0.25) is 0 Å². The highest BCUT2D eigenvalue weighted by Gasteiger charge is 2.30. The standard InChI is InChI=1S/C17H21F3N2O/c1-3-15(21-10-12-8-9-22(2)11-12)16(23)13-4-6-14(7-5-13)17(18,19)20/h4-9,11,15-16,21,23H,3,10H2,1-2H3. The lowest BCUT2D eigenvalue weighted by Crippen LogP contribution is -2.34. The molecule has 3 nitrogen and oxygen atoms in total. The Hall–Kier alpha value is -1.79. The second-order valence-corrected chi connectivity index (χ2v) is 5.65. The first-order valence-corrected chi connectivity index (χ1v) is 7.50. The van der Waals surface area contributed by atoms with Crippen LogP contribution in [0.4, 0.5) is 13.2 Å². The summed E-state index contributed by atoms with van der Waals surface area (Å²) in [5, 5.41) is 13.7. The lowest BCUT2D eigenvalue weighted by molar-refractivity contribution is -0.137. The van der Waals surface area contributed by atoms with E-state index >= 15 is 0 Å². The molecule has 0 aliphatic heterocycles. The van der Waals surface area contributed by atoms with Crippen LogP contribution in [-0.2, 0) is 19.8 Å². The van der Waals surface area contributed by atoms with E-state index < -0.39 is 17.8 Å². The first-order valence-electron chi connectivity index (χ1n) is 7.50. The molecule has 1 aromatic heterocycles. The first kappa shape index (κ1) is 17.6. The number of aliphatic hydroxyl groups is 1. The maximum Gasteiger partial charge on any atom is 0.416 e. The van der Waals surface area contributed by atoms with Crippen molar-refractivity contribution in [1.29, 1.82) is 0 Å². The van der Waals surface area contributed by atoms with Gasteiger partial charge in [0, 0.05) is 32.0 Å². The average molecular weight is 326 g/mol. The quantitative estimate of drug-likeness (QED) is 0.850. The summed E-state index contributed by atoms with van der Waals surface area (Å²) in [6.07, 6.45) is -0.645. The number of hydrogen-bond donors (Lipinski definition) is 2. The van der Waals surface area contributed by atoms with E-state index in [1.807, 2.05) is 37.0 Å². The van der Waals surface area contributed by atoms with Crippen molar-refractivity contribution in [3.05, 3.63) is 59.4 Å². The average Bonchev–Trinajstić information content (AvgIpc) is 2.92. The van der Waals surface area contributed by atoms with Crippen LogP contribution in [-0.4, -0.2) is 15.7 Å². The number of nitrogens with one attached hydrogen (secondary N) is 1. The number of halogens is 3. The molecule has 2 rings (SSSR count). The maximum atomic E-state index is 12.6. The minimum atomic E-state index is -4.36. The molecule has 0 aliphatic rings. The number of aromatic nitrogens is 1. The summed E-state index contributed by atoms with van der Waals surface area (Å²) < 4.78 is 39.7. The Balaban J connectivity index is 2.02. The zero-order chi connectivity index (χ0) is 17.0. The van der Waals surface area contributed by atoms with Gasteiger partial charge in [-0.15, -0.1) is 0 Å². The summed E-state index contributed by atoms with van der Waals surface area (Å²) in [6.45, 7) is 2.52. The lowest BCUT2D eigenvalue weighted by Gasteiger charge is -2.23. The fraction of sp³-hybridized carbons (Fsp3) is 0.412. The lowest BCUT2D eigenvalue weighted by atomic mass is 9.99. The van der Waals surface area contributed by atoms with Gasteiger partial charge in [-0.05, 0) is 35.7 Å². The van der Waals surface area contributed by atoms with Crippen LogP contribution in [0, 0.1) is 0 Å². The van der Waals surface area contributed by atoms with E-state index in [1.54, 1.807) is 0 Å². The summed E-state index contributed by atoms with van der Waals surface area (Å²) >= 11 is 0. The van der Waals surface area contributed by atoms with E-state index in [1.165, 1.54) is 12.1 Å². The van der Waals surface area contributed by atoms with Crippen molar-refractivity contribution in [2.75, 3.05) is 0 Å². The number of benzene rings is 1. The van der Waals surface area contributed by atoms with Gasteiger partial charge in [0.05, 0.1) is 11.7 Å². The molecular formula is C17H21F3N2O. The molecule has 0 fully saturated rings. The summed E-state index contributed by atoms with van der Waals surface area (Å²) in [5.74, 6) is 0. The molecule has 126 valence electrons. The van der Waals surface area contributed by atoms with Gasteiger partial charge in [0.25, 0.3) is 0 Å². The maximum absolute atomic E-state index is 12.6. The van der Waals surface area contributed by atoms with Crippen molar-refractivity contribution in [2.45, 2.75) is 38.2 Å². The molecule has 23 heavy (non-hydrogen) atoms. The number of rotatable bonds is 6. The van der Waals surface area contributed by atoms with Gasteiger partial charge in [-0.25, -0.2) is 0 Å². The Bertz CT molecular complexity index is 620. The Kier molecular flexibility index (Phi) is 5.49. The molecule has 0 bridgehead atoms. The van der Waals surface area contributed by atoms with E-state index in [0.29, 0.717) is 18.5 Å². The highest BCUT2D eigenvalue weighted by Crippen LogP contribution is 2.30. The molecule has 0 saturated heterocycles. The van der Waals surface area contributed by atoms with E-state index in [2.05, 4.69) is 5.32 Å². The molecule has 2 N–H and O–H groups in total. The number of aliphatic hydroxyl groups excluding tert-OH is 1. The Morgan fingerprint density at radius 3 is 2.30 bits per heavy atom. The van der Waals surface area contributed by atoms with Crippen LogP contribution >= 0.6 is 0 Å². The van der Waals surface area contributed by atoms with Crippen LogP contribution in [0.1, 0.15) is 36.1 Å². The summed E-state index contributed by atoms with van der Waals surface area (Å²) in [6, 6.07) is 6.42. The van der Waals surface area contributed by atoms with Gasteiger partial charge >= 0.3 is 6.18 Å². The second kappa shape index (κ2) is 7.19. The Morgan fingerprint density at radius 2 is 1.83 bits per heavy atom. The predicted octanol–water partition coefficient (Wildman–Crippen LogP) is 3.65. The zero-order valence-electron chi connectivity index (χ0n) is 13.1. The number of hydrogen-bond acceptors (Lipinski definition) is 2. The highest BCUT2D eigenvalue weighted by molar-refractivity contribution is 5.27. The van der Waals surface area contributed by atoms with Crippen molar-refractivity contribution in [3.8, 4) is 0 Å². The molecule has 1 aromatic carbocycles. The molecule has 0 saturated carbocycles. The first-order chi connectivity index (χ1) is 10.8. The van der Waals surface area contributed by atoms with Gasteiger partial charge in [0.15, 0.2) is 0 Å². The third-order valence-corrected chi connectivity index (χ3v) is 3.86. The van der Waals surface area contributed by atoms with Crippen molar-refractivity contribution >= 4 is 0 Å². The molecule has 6 heteroatoms. The fourth-order valence-electron chi connectivity index (χ4n) is 2.50. The van der Waals surface area contributed by atoms with Crippen LogP contribution in [0.5, 0.6) is 0 Å². The minimum Gasteiger partial charge on any atom is -0.387 e. The van der Waals surface area contributed by atoms with Crippen LogP contribution < -0.4 is 5.32 Å². The van der Waals surface area contributed by atoms with Gasteiger partial charge in [-0.3, -0.25) is 0 Å². The van der Waals surface area contributed by atoms with Crippen LogP contribution in [0.2, 0.25) is 0 Å². The van der Waals surface area contributed by atoms with Gasteiger partial charge in [0.1, 0.15) is 0 Å². The normalized spacial score (nSPS) is 14.7. The number of nitrogens with zero attached hydrogens (tertiary/aromatic N) is 1. The SMILES string of the molecule is CCC(NCc1ccn(C)c1)C(O)c1ccc(C(F)(F)F)cc1. The van der Waals surface area contributed by atoms with E-state index in [4.69, 9.17) is 0 Å². The molecule has 2 aromatic rings. The number of aryl methyl sites for hydroxylation is 1. The third-order valence-electron chi connectivity index (χ3n) is 3.86. The molecule has 0 radical (unpaired) electrons. The molecule has 2 atom stereocenters. The summed E-state index contributed by atoms with van der Waals surface area (Å²) in [5.41, 5.74) is 0.856. The minimum absolute atomic E-state index is 0.230. The van der Waals surface area contributed by atoms with Crippen LogP contribution in [0.15, 0.2) is 42.7 Å². The molecule has 0 aliphatic carbocycles. The van der Waals surface area contributed by atoms with Crippen molar-refractivity contribution in [3.63, 3.8) is 0 Å².